The quantitative estimate of drug-likeness (QED) is 0.607. The van der Waals surface area contributed by atoms with Crippen LogP contribution in [0.1, 0.15) is 6.92 Å². The van der Waals surface area contributed by atoms with E-state index in [4.69, 9.17) is 0 Å². The predicted molar refractivity (Wildman–Crippen MR) is 49.5 cm³/mol. The number of aliphatic imine (C=N–C) groups is 1. The van der Waals surface area contributed by atoms with Gasteiger partial charge >= 0.3 is 5.91 Å². The first kappa shape index (κ1) is 7.98. The van der Waals surface area contributed by atoms with Crippen molar-refractivity contribution < 1.29 is 9.90 Å². The zero-order chi connectivity index (χ0) is 9.42. The highest BCUT2D eigenvalue weighted by Crippen LogP contribution is 2.24. The van der Waals surface area contributed by atoms with E-state index in [9.17, 15) is 9.90 Å². The maximum atomic E-state index is 11.0. The molecule has 1 aliphatic heterocycles. The number of carbonyl (C=O) groups is 1. The summed E-state index contributed by atoms with van der Waals surface area (Å²) >= 11 is 0. The Kier molecular flexibility index (Phi) is 1.65. The summed E-state index contributed by atoms with van der Waals surface area (Å²) in [4.78, 5) is 14.8. The van der Waals surface area contributed by atoms with E-state index in [0.29, 0.717) is 5.71 Å². The lowest BCUT2D eigenvalue weighted by molar-refractivity contribution is -0.116. The SMILES string of the molecule is CC1=CC=CC2=NC(=O)C(O)=CC12. The number of dihydropyridines is 1. The Hall–Kier alpha value is -1.64. The minimum absolute atomic E-state index is 0.0253. The van der Waals surface area contributed by atoms with E-state index in [1.165, 1.54) is 0 Å². The number of allylic oxidation sites excluding steroid dienone is 5. The van der Waals surface area contributed by atoms with Crippen molar-refractivity contribution in [2.75, 3.05) is 0 Å². The standard InChI is InChI=1S/C10H9NO2/c1-6-3-2-4-8-7(6)5-9(12)10(13)11-8/h2-5,7,12H,1H3. The van der Waals surface area contributed by atoms with Gasteiger partial charge in [0, 0.05) is 5.92 Å². The van der Waals surface area contributed by atoms with Gasteiger partial charge in [-0.3, -0.25) is 4.79 Å². The highest BCUT2D eigenvalue weighted by Gasteiger charge is 2.24. The van der Waals surface area contributed by atoms with Crippen molar-refractivity contribution >= 4 is 11.6 Å². The topological polar surface area (TPSA) is 49.7 Å². The predicted octanol–water partition coefficient (Wildman–Crippen LogP) is 1.54. The van der Waals surface area contributed by atoms with Crippen molar-refractivity contribution in [3.05, 3.63) is 35.6 Å². The molecule has 2 aliphatic rings. The van der Waals surface area contributed by atoms with Crippen LogP contribution in [0.15, 0.2) is 40.6 Å². The zero-order valence-electron chi connectivity index (χ0n) is 7.19. The molecule has 1 atom stereocenters. The van der Waals surface area contributed by atoms with Crippen LogP contribution >= 0.6 is 0 Å². The highest BCUT2D eigenvalue weighted by molar-refractivity contribution is 6.12. The lowest BCUT2D eigenvalue weighted by atomic mass is 9.88. The molecule has 1 unspecified atom stereocenters. The average Bonchev–Trinajstić information content (AvgIpc) is 2.09. The first-order chi connectivity index (χ1) is 6.18. The number of hydrogen-bond acceptors (Lipinski definition) is 2. The van der Waals surface area contributed by atoms with Crippen LogP contribution in [0.4, 0.5) is 0 Å². The maximum Gasteiger partial charge on any atom is 0.311 e. The number of nitrogens with zero attached hydrogens (tertiary/aromatic N) is 1. The first-order valence-electron chi connectivity index (χ1n) is 4.07. The van der Waals surface area contributed by atoms with Crippen molar-refractivity contribution in [3.63, 3.8) is 0 Å². The van der Waals surface area contributed by atoms with Crippen LogP contribution in [0.3, 0.4) is 0 Å². The highest BCUT2D eigenvalue weighted by atomic mass is 16.3. The van der Waals surface area contributed by atoms with E-state index in [2.05, 4.69) is 4.99 Å². The molecular weight excluding hydrogens is 166 g/mol. The first-order valence-corrected chi connectivity index (χ1v) is 4.07. The molecule has 66 valence electrons. The van der Waals surface area contributed by atoms with Gasteiger partial charge in [-0.2, -0.15) is 0 Å². The van der Waals surface area contributed by atoms with Gasteiger partial charge in [0.1, 0.15) is 0 Å². The van der Waals surface area contributed by atoms with E-state index >= 15 is 0 Å². The zero-order valence-corrected chi connectivity index (χ0v) is 7.19. The van der Waals surface area contributed by atoms with E-state index in [1.807, 2.05) is 19.1 Å². The number of aliphatic hydroxyl groups excluding tert-OH is 1. The lowest BCUT2D eigenvalue weighted by Gasteiger charge is -2.20. The van der Waals surface area contributed by atoms with Crippen LogP contribution in [-0.2, 0) is 4.79 Å². The van der Waals surface area contributed by atoms with Gasteiger partial charge in [0.15, 0.2) is 5.76 Å². The molecule has 0 saturated carbocycles. The third kappa shape index (κ3) is 1.22. The molecule has 0 saturated heterocycles. The second-order valence-corrected chi connectivity index (χ2v) is 3.14. The fourth-order valence-electron chi connectivity index (χ4n) is 1.47. The fraction of sp³-hybridized carbons (Fsp3) is 0.200. The molecule has 1 amide bonds. The molecule has 0 bridgehead atoms. The maximum absolute atomic E-state index is 11.0. The second kappa shape index (κ2) is 2.69. The largest absolute Gasteiger partial charge is 0.503 e. The van der Waals surface area contributed by atoms with Gasteiger partial charge in [-0.15, -0.1) is 0 Å². The van der Waals surface area contributed by atoms with Crippen molar-refractivity contribution in [1.29, 1.82) is 0 Å². The molecule has 0 aromatic heterocycles. The number of rotatable bonds is 0. The average molecular weight is 175 g/mol. The van der Waals surface area contributed by atoms with Crippen molar-refractivity contribution in [1.82, 2.24) is 0 Å². The summed E-state index contributed by atoms with van der Waals surface area (Å²) in [6, 6.07) is 0. The lowest BCUT2D eigenvalue weighted by Crippen LogP contribution is -2.21. The van der Waals surface area contributed by atoms with E-state index < -0.39 is 5.91 Å². The second-order valence-electron chi connectivity index (χ2n) is 3.14. The van der Waals surface area contributed by atoms with Gasteiger partial charge in [-0.05, 0) is 19.1 Å². The molecule has 0 aromatic rings. The van der Waals surface area contributed by atoms with Gasteiger partial charge in [0.2, 0.25) is 0 Å². The molecular formula is C10H9NO2. The molecule has 13 heavy (non-hydrogen) atoms. The van der Waals surface area contributed by atoms with Crippen LogP contribution in [0.25, 0.3) is 0 Å². The van der Waals surface area contributed by atoms with Gasteiger partial charge < -0.3 is 5.11 Å². The summed E-state index contributed by atoms with van der Waals surface area (Å²) in [7, 11) is 0. The molecule has 0 aromatic carbocycles. The Morgan fingerprint density at radius 3 is 3.08 bits per heavy atom. The van der Waals surface area contributed by atoms with Crippen LogP contribution in [0.2, 0.25) is 0 Å². The summed E-state index contributed by atoms with van der Waals surface area (Å²) in [6.45, 7) is 1.95. The van der Waals surface area contributed by atoms with Crippen LogP contribution in [-0.4, -0.2) is 16.7 Å². The summed E-state index contributed by atoms with van der Waals surface area (Å²) in [6.07, 6.45) is 7.13. The molecule has 1 heterocycles. The Balaban J connectivity index is 2.45. The van der Waals surface area contributed by atoms with E-state index in [0.717, 1.165) is 5.57 Å². The summed E-state index contributed by atoms with van der Waals surface area (Å²) in [5, 5.41) is 9.19. The fourth-order valence-corrected chi connectivity index (χ4v) is 1.47. The summed E-state index contributed by atoms with van der Waals surface area (Å²) in [5.41, 5.74) is 1.79. The van der Waals surface area contributed by atoms with Crippen LogP contribution in [0.5, 0.6) is 0 Å². The van der Waals surface area contributed by atoms with Crippen LogP contribution < -0.4 is 0 Å². The number of hydrogen-bond donors (Lipinski definition) is 1. The third-order valence-electron chi connectivity index (χ3n) is 2.21. The number of amides is 1. The molecule has 3 heteroatoms. The monoisotopic (exact) mass is 175 g/mol. The molecule has 0 spiro atoms. The minimum atomic E-state index is -0.550. The van der Waals surface area contributed by atoms with Gasteiger partial charge in [0.25, 0.3) is 0 Å². The van der Waals surface area contributed by atoms with Crippen LogP contribution in [0, 0.1) is 5.92 Å². The van der Waals surface area contributed by atoms with Gasteiger partial charge in [-0.25, -0.2) is 4.99 Å². The molecule has 3 nitrogen and oxygen atoms in total. The Morgan fingerprint density at radius 1 is 1.54 bits per heavy atom. The number of carbonyl (C=O) groups excluding carboxylic acids is 1. The van der Waals surface area contributed by atoms with Gasteiger partial charge in [-0.1, -0.05) is 17.7 Å². The molecule has 1 N–H and O–H groups in total. The normalized spacial score (nSPS) is 26.1. The third-order valence-corrected chi connectivity index (χ3v) is 2.21. The Labute approximate surface area is 75.8 Å². The number of fused-ring (bicyclic) bond motifs is 1. The van der Waals surface area contributed by atoms with Crippen molar-refractivity contribution in [2.45, 2.75) is 6.92 Å². The molecule has 1 aliphatic carbocycles. The molecule has 0 radical (unpaired) electrons. The van der Waals surface area contributed by atoms with E-state index in [-0.39, 0.29) is 11.7 Å². The Morgan fingerprint density at radius 2 is 2.31 bits per heavy atom. The van der Waals surface area contributed by atoms with Crippen molar-refractivity contribution in [3.8, 4) is 0 Å². The minimum Gasteiger partial charge on any atom is -0.503 e. The summed E-state index contributed by atoms with van der Waals surface area (Å²) in [5.74, 6) is -0.829. The summed E-state index contributed by atoms with van der Waals surface area (Å²) < 4.78 is 0. The van der Waals surface area contributed by atoms with Gasteiger partial charge in [0.05, 0.1) is 5.71 Å². The van der Waals surface area contributed by atoms with Crippen molar-refractivity contribution in [2.24, 2.45) is 10.9 Å². The molecule has 2 rings (SSSR count). The number of aliphatic hydroxyl groups is 1. The smallest absolute Gasteiger partial charge is 0.311 e. The Bertz CT molecular complexity index is 386. The molecule has 0 fully saturated rings. The van der Waals surface area contributed by atoms with E-state index in [1.54, 1.807) is 12.2 Å².